The average molecular weight is 472 g/mol. The number of nitrogens with one attached hydrogen (secondary N) is 2. The number of aromatic nitrogens is 5. The Kier molecular flexibility index (Phi) is 9.87. The Morgan fingerprint density at radius 2 is 1.32 bits per heavy atom. The van der Waals surface area contributed by atoms with Crippen molar-refractivity contribution in [3.8, 4) is 0 Å². The smallest absolute Gasteiger partial charge is 0.231 e. The molecule has 3 heterocycles. The van der Waals surface area contributed by atoms with Crippen LogP contribution in [0.2, 0.25) is 0 Å². The molecular weight excluding hydrogens is 430 g/mol. The molecule has 1 aliphatic rings. The minimum Gasteiger partial charge on any atom is -0.354 e. The van der Waals surface area contributed by atoms with Gasteiger partial charge in [-0.05, 0) is 47.2 Å². The van der Waals surface area contributed by atoms with E-state index in [1.165, 1.54) is 0 Å². The van der Waals surface area contributed by atoms with Crippen molar-refractivity contribution in [2.45, 2.75) is 34.1 Å². The van der Waals surface area contributed by atoms with Gasteiger partial charge >= 0.3 is 0 Å². The molecule has 3 rings (SSSR count). The zero-order chi connectivity index (χ0) is 24.3. The summed E-state index contributed by atoms with van der Waals surface area (Å²) in [5, 5.41) is 6.72. The van der Waals surface area contributed by atoms with Gasteiger partial charge in [0.15, 0.2) is 0 Å². The van der Waals surface area contributed by atoms with Crippen LogP contribution < -0.4 is 25.3 Å². The van der Waals surface area contributed by atoms with Gasteiger partial charge in [0.05, 0.1) is 0 Å². The molecule has 2 N–H and O–H groups in total. The Bertz CT molecular complexity index is 831. The topological polar surface area (TPSA) is 101 Å². The highest BCUT2D eigenvalue weighted by molar-refractivity contribution is 5.45. The summed E-state index contributed by atoms with van der Waals surface area (Å²) in [6.45, 7) is 17.5. The van der Waals surface area contributed by atoms with Crippen molar-refractivity contribution >= 4 is 29.6 Å². The van der Waals surface area contributed by atoms with Gasteiger partial charge in [-0.2, -0.15) is 19.9 Å². The molecule has 0 spiro atoms. The van der Waals surface area contributed by atoms with Crippen LogP contribution in [-0.2, 0) is 0 Å². The van der Waals surface area contributed by atoms with Crippen molar-refractivity contribution < 1.29 is 0 Å². The Balaban J connectivity index is 1.53. The molecule has 0 radical (unpaired) electrons. The van der Waals surface area contributed by atoms with Gasteiger partial charge in [0, 0.05) is 71.6 Å². The molecular formula is C23H41N11. The summed E-state index contributed by atoms with van der Waals surface area (Å²) in [6, 6.07) is 1.99. The number of likely N-dealkylation sites (N-methyl/N-ethyl adjacent to an activating group) is 1. The standard InChI is InChI=1S/C23H41N11/c1-6-32(7-2)22-28-21(29-23(30-22)33(8-3)9-4)25-13-10-12-24-20-26-14-11-19(27-20)34-17-15-31(5)16-18-34/h11,14H,6-10,12-13,15-18H2,1-5H3,(H,24,26,27)(H,25,28,29,30). The zero-order valence-electron chi connectivity index (χ0n) is 21.5. The third-order valence-corrected chi connectivity index (χ3v) is 6.09. The maximum Gasteiger partial charge on any atom is 0.231 e. The van der Waals surface area contributed by atoms with E-state index >= 15 is 0 Å². The first-order chi connectivity index (χ1) is 16.6. The lowest BCUT2D eigenvalue weighted by Crippen LogP contribution is -2.44. The van der Waals surface area contributed by atoms with Gasteiger partial charge in [0.1, 0.15) is 5.82 Å². The molecule has 0 atom stereocenters. The summed E-state index contributed by atoms with van der Waals surface area (Å²) in [6.07, 6.45) is 2.71. The van der Waals surface area contributed by atoms with Crippen LogP contribution in [-0.4, -0.2) is 102 Å². The molecule has 0 aliphatic carbocycles. The first-order valence-electron chi connectivity index (χ1n) is 12.6. The second-order valence-electron chi connectivity index (χ2n) is 8.34. The third-order valence-electron chi connectivity index (χ3n) is 6.09. The van der Waals surface area contributed by atoms with Crippen LogP contribution in [0.1, 0.15) is 34.1 Å². The van der Waals surface area contributed by atoms with Crippen LogP contribution >= 0.6 is 0 Å². The Labute approximate surface area is 204 Å². The van der Waals surface area contributed by atoms with Crippen molar-refractivity contribution in [1.29, 1.82) is 0 Å². The summed E-state index contributed by atoms with van der Waals surface area (Å²) in [5.74, 6) is 3.71. The summed E-state index contributed by atoms with van der Waals surface area (Å²) in [5.41, 5.74) is 0. The van der Waals surface area contributed by atoms with Crippen molar-refractivity contribution in [3.05, 3.63) is 12.3 Å². The van der Waals surface area contributed by atoms with Crippen molar-refractivity contribution in [1.82, 2.24) is 29.8 Å². The maximum atomic E-state index is 4.71. The van der Waals surface area contributed by atoms with Crippen LogP contribution in [0.15, 0.2) is 12.3 Å². The SMILES string of the molecule is CCN(CC)c1nc(NCCCNc2nccc(N3CCN(C)CC3)n2)nc(N(CC)CC)n1. The maximum absolute atomic E-state index is 4.71. The van der Waals surface area contributed by atoms with Crippen LogP contribution in [0.3, 0.4) is 0 Å². The van der Waals surface area contributed by atoms with Crippen LogP contribution in [0.25, 0.3) is 0 Å². The van der Waals surface area contributed by atoms with Crippen molar-refractivity contribution in [3.63, 3.8) is 0 Å². The molecule has 34 heavy (non-hydrogen) atoms. The normalized spacial score (nSPS) is 14.2. The molecule has 0 aromatic carbocycles. The fraction of sp³-hybridized carbons (Fsp3) is 0.696. The van der Waals surface area contributed by atoms with E-state index < -0.39 is 0 Å². The molecule has 11 nitrogen and oxygen atoms in total. The van der Waals surface area contributed by atoms with Crippen LogP contribution in [0.5, 0.6) is 0 Å². The highest BCUT2D eigenvalue weighted by atomic mass is 15.4. The molecule has 2 aromatic heterocycles. The molecule has 0 saturated carbocycles. The molecule has 0 amide bonds. The predicted octanol–water partition coefficient (Wildman–Crippen LogP) is 2.02. The van der Waals surface area contributed by atoms with Gasteiger partial charge in [-0.15, -0.1) is 0 Å². The van der Waals surface area contributed by atoms with E-state index in [1.807, 2.05) is 12.3 Å². The lowest BCUT2D eigenvalue weighted by molar-refractivity contribution is 0.312. The van der Waals surface area contributed by atoms with E-state index in [0.29, 0.717) is 11.9 Å². The lowest BCUT2D eigenvalue weighted by atomic mass is 10.3. The predicted molar refractivity (Wildman–Crippen MR) is 140 cm³/mol. The summed E-state index contributed by atoms with van der Waals surface area (Å²) >= 11 is 0. The van der Waals surface area contributed by atoms with Gasteiger partial charge < -0.3 is 30.2 Å². The van der Waals surface area contributed by atoms with E-state index in [1.54, 1.807) is 0 Å². The average Bonchev–Trinajstić information content (AvgIpc) is 2.86. The molecule has 1 fully saturated rings. The number of rotatable bonds is 13. The van der Waals surface area contributed by atoms with Gasteiger partial charge in [0.2, 0.25) is 23.8 Å². The zero-order valence-corrected chi connectivity index (χ0v) is 21.5. The largest absolute Gasteiger partial charge is 0.354 e. The van der Waals surface area contributed by atoms with E-state index in [2.05, 4.69) is 79.9 Å². The van der Waals surface area contributed by atoms with E-state index in [-0.39, 0.29) is 0 Å². The minimum atomic E-state index is 0.618. The fourth-order valence-corrected chi connectivity index (χ4v) is 3.86. The number of hydrogen-bond donors (Lipinski definition) is 2. The molecule has 11 heteroatoms. The van der Waals surface area contributed by atoms with E-state index in [4.69, 9.17) is 9.97 Å². The van der Waals surface area contributed by atoms with Crippen LogP contribution in [0.4, 0.5) is 29.6 Å². The lowest BCUT2D eigenvalue weighted by Gasteiger charge is -2.33. The molecule has 1 saturated heterocycles. The summed E-state index contributed by atoms with van der Waals surface area (Å²) in [7, 11) is 2.16. The van der Waals surface area contributed by atoms with Gasteiger partial charge in [0.25, 0.3) is 0 Å². The number of anilines is 5. The first kappa shape index (κ1) is 25.7. The van der Waals surface area contributed by atoms with E-state index in [0.717, 1.165) is 89.6 Å². The van der Waals surface area contributed by atoms with Gasteiger partial charge in [-0.3, -0.25) is 0 Å². The Morgan fingerprint density at radius 3 is 1.88 bits per heavy atom. The van der Waals surface area contributed by atoms with E-state index in [9.17, 15) is 0 Å². The highest BCUT2D eigenvalue weighted by Crippen LogP contribution is 2.17. The molecule has 188 valence electrons. The van der Waals surface area contributed by atoms with Gasteiger partial charge in [-0.25, -0.2) is 4.98 Å². The number of hydrogen-bond acceptors (Lipinski definition) is 11. The fourth-order valence-electron chi connectivity index (χ4n) is 3.86. The highest BCUT2D eigenvalue weighted by Gasteiger charge is 2.16. The molecule has 2 aromatic rings. The van der Waals surface area contributed by atoms with Crippen molar-refractivity contribution in [2.75, 3.05) is 97.8 Å². The molecule has 0 bridgehead atoms. The number of nitrogens with zero attached hydrogens (tertiary/aromatic N) is 9. The quantitative estimate of drug-likeness (QED) is 0.420. The third kappa shape index (κ3) is 7.02. The van der Waals surface area contributed by atoms with Crippen molar-refractivity contribution in [2.24, 2.45) is 0 Å². The molecule has 0 unspecified atom stereocenters. The second kappa shape index (κ2) is 13.1. The molecule has 1 aliphatic heterocycles. The van der Waals surface area contributed by atoms with Crippen LogP contribution in [0, 0.1) is 0 Å². The minimum absolute atomic E-state index is 0.618. The monoisotopic (exact) mass is 471 g/mol. The van der Waals surface area contributed by atoms with Gasteiger partial charge in [-0.1, -0.05) is 0 Å². The second-order valence-corrected chi connectivity index (χ2v) is 8.34. The Hall–Kier alpha value is -2.95. The summed E-state index contributed by atoms with van der Waals surface area (Å²) in [4.78, 5) is 32.1. The number of piperazine rings is 1. The first-order valence-corrected chi connectivity index (χ1v) is 12.6. The summed E-state index contributed by atoms with van der Waals surface area (Å²) < 4.78 is 0. The Morgan fingerprint density at radius 1 is 0.765 bits per heavy atom.